The summed E-state index contributed by atoms with van der Waals surface area (Å²) in [6, 6.07) is 9.27. The fourth-order valence-corrected chi connectivity index (χ4v) is 4.54. The van der Waals surface area contributed by atoms with Crippen molar-refractivity contribution in [1.82, 2.24) is 10.2 Å². The predicted molar refractivity (Wildman–Crippen MR) is 99.3 cm³/mol. The first-order chi connectivity index (χ1) is 11.2. The van der Waals surface area contributed by atoms with Crippen LogP contribution in [0.1, 0.15) is 56.4 Å². The minimum absolute atomic E-state index is 0.619. The zero-order valence-corrected chi connectivity index (χ0v) is 15.2. The third-order valence-corrected chi connectivity index (χ3v) is 6.08. The standard InChI is InChI=1S/C20H31ClN2/c1-23-12-10-19(11-13-23)22-15-20(16-6-3-2-4-7-16)17-8-5-9-18(21)14-17/h5,8-9,14,16,19-20,22H,2-4,6-7,10-13,15H2,1H3. The minimum Gasteiger partial charge on any atom is -0.313 e. The molecule has 1 unspecified atom stereocenters. The Kier molecular flexibility index (Phi) is 6.38. The molecule has 0 aromatic heterocycles. The van der Waals surface area contributed by atoms with Crippen molar-refractivity contribution in [2.75, 3.05) is 26.7 Å². The number of nitrogens with zero attached hydrogens (tertiary/aromatic N) is 1. The van der Waals surface area contributed by atoms with E-state index in [0.29, 0.717) is 12.0 Å². The summed E-state index contributed by atoms with van der Waals surface area (Å²) in [6.45, 7) is 3.56. The Hall–Kier alpha value is -0.570. The molecule has 128 valence electrons. The SMILES string of the molecule is CN1CCC(NCC(c2cccc(Cl)c2)C2CCCCC2)CC1. The van der Waals surface area contributed by atoms with Crippen molar-refractivity contribution in [1.29, 1.82) is 0 Å². The van der Waals surface area contributed by atoms with Crippen molar-refractivity contribution in [2.24, 2.45) is 5.92 Å². The lowest BCUT2D eigenvalue weighted by Gasteiger charge is -2.34. The highest BCUT2D eigenvalue weighted by atomic mass is 35.5. The van der Waals surface area contributed by atoms with E-state index >= 15 is 0 Å². The zero-order chi connectivity index (χ0) is 16.1. The van der Waals surface area contributed by atoms with Crippen LogP contribution < -0.4 is 5.32 Å². The number of likely N-dealkylation sites (tertiary alicyclic amines) is 1. The van der Waals surface area contributed by atoms with Crippen LogP contribution in [0, 0.1) is 5.92 Å². The van der Waals surface area contributed by atoms with Crippen molar-refractivity contribution in [3.8, 4) is 0 Å². The van der Waals surface area contributed by atoms with Crippen molar-refractivity contribution in [3.05, 3.63) is 34.9 Å². The van der Waals surface area contributed by atoms with Crippen LogP contribution in [-0.2, 0) is 0 Å². The molecular formula is C20H31ClN2. The fourth-order valence-electron chi connectivity index (χ4n) is 4.34. The summed E-state index contributed by atoms with van der Waals surface area (Å²) in [5.41, 5.74) is 1.44. The molecule has 1 aliphatic carbocycles. The van der Waals surface area contributed by atoms with Crippen molar-refractivity contribution in [2.45, 2.75) is 56.9 Å². The van der Waals surface area contributed by atoms with E-state index in [4.69, 9.17) is 11.6 Å². The molecule has 1 saturated carbocycles. The average Bonchev–Trinajstić information content (AvgIpc) is 2.58. The van der Waals surface area contributed by atoms with Crippen LogP contribution in [0.25, 0.3) is 0 Å². The smallest absolute Gasteiger partial charge is 0.0408 e. The van der Waals surface area contributed by atoms with Crippen molar-refractivity contribution in [3.63, 3.8) is 0 Å². The van der Waals surface area contributed by atoms with Gasteiger partial charge in [-0.15, -0.1) is 0 Å². The zero-order valence-electron chi connectivity index (χ0n) is 14.4. The Bertz CT molecular complexity index is 476. The summed E-state index contributed by atoms with van der Waals surface area (Å²) in [6.07, 6.45) is 9.54. The quantitative estimate of drug-likeness (QED) is 0.840. The Labute approximate surface area is 146 Å². The number of hydrogen-bond acceptors (Lipinski definition) is 2. The first kappa shape index (κ1) is 17.3. The van der Waals surface area contributed by atoms with E-state index in [1.165, 1.54) is 63.6 Å². The van der Waals surface area contributed by atoms with Crippen LogP contribution >= 0.6 is 11.6 Å². The number of nitrogens with one attached hydrogen (secondary N) is 1. The lowest BCUT2D eigenvalue weighted by molar-refractivity contribution is 0.223. The lowest BCUT2D eigenvalue weighted by atomic mass is 9.76. The van der Waals surface area contributed by atoms with Gasteiger partial charge in [0.25, 0.3) is 0 Å². The second kappa shape index (κ2) is 8.50. The molecule has 2 aliphatic rings. The van der Waals surface area contributed by atoms with E-state index in [1.54, 1.807) is 0 Å². The number of halogens is 1. The predicted octanol–water partition coefficient (Wildman–Crippen LogP) is 4.69. The highest BCUT2D eigenvalue weighted by Gasteiger charge is 2.26. The summed E-state index contributed by atoms with van der Waals surface area (Å²) < 4.78 is 0. The van der Waals surface area contributed by atoms with Gasteiger partial charge in [0.1, 0.15) is 0 Å². The molecule has 1 aromatic rings. The summed E-state index contributed by atoms with van der Waals surface area (Å²) in [7, 11) is 2.23. The molecule has 0 spiro atoms. The van der Waals surface area contributed by atoms with E-state index in [-0.39, 0.29) is 0 Å². The van der Waals surface area contributed by atoms with Gasteiger partial charge in [-0.3, -0.25) is 0 Å². The van der Waals surface area contributed by atoms with Gasteiger partial charge in [0.05, 0.1) is 0 Å². The summed E-state index contributed by atoms with van der Waals surface area (Å²) in [4.78, 5) is 2.44. The number of hydrogen-bond donors (Lipinski definition) is 1. The third-order valence-electron chi connectivity index (χ3n) is 5.84. The maximum absolute atomic E-state index is 6.27. The van der Waals surface area contributed by atoms with Gasteiger partial charge in [-0.05, 0) is 75.4 Å². The van der Waals surface area contributed by atoms with Gasteiger partial charge in [0.15, 0.2) is 0 Å². The fraction of sp³-hybridized carbons (Fsp3) is 0.700. The largest absolute Gasteiger partial charge is 0.313 e. The molecule has 1 aliphatic heterocycles. The molecule has 0 amide bonds. The normalized spacial score (nSPS) is 23.0. The number of rotatable bonds is 5. The maximum atomic E-state index is 6.27. The maximum Gasteiger partial charge on any atom is 0.0408 e. The summed E-state index contributed by atoms with van der Waals surface area (Å²) in [5, 5.41) is 4.77. The minimum atomic E-state index is 0.619. The Morgan fingerprint density at radius 3 is 2.57 bits per heavy atom. The topological polar surface area (TPSA) is 15.3 Å². The molecule has 1 aromatic carbocycles. The van der Waals surface area contributed by atoms with Gasteiger partial charge >= 0.3 is 0 Å². The molecule has 2 fully saturated rings. The van der Waals surface area contributed by atoms with E-state index < -0.39 is 0 Å². The number of piperidine rings is 1. The van der Waals surface area contributed by atoms with Gasteiger partial charge in [0, 0.05) is 17.6 Å². The molecule has 3 heteroatoms. The van der Waals surface area contributed by atoms with Crippen LogP contribution in [-0.4, -0.2) is 37.6 Å². The lowest BCUT2D eigenvalue weighted by Crippen LogP contribution is -2.43. The number of benzene rings is 1. The van der Waals surface area contributed by atoms with Crippen LogP contribution in [0.3, 0.4) is 0 Å². The monoisotopic (exact) mass is 334 g/mol. The van der Waals surface area contributed by atoms with Gasteiger partial charge in [-0.1, -0.05) is 43.0 Å². The van der Waals surface area contributed by atoms with Crippen LogP contribution in [0.5, 0.6) is 0 Å². The molecule has 1 N–H and O–H groups in total. The van der Waals surface area contributed by atoms with E-state index in [9.17, 15) is 0 Å². The van der Waals surface area contributed by atoms with E-state index in [2.05, 4.69) is 35.5 Å². The Balaban J connectivity index is 1.65. The molecular weight excluding hydrogens is 304 g/mol. The molecule has 23 heavy (non-hydrogen) atoms. The first-order valence-electron chi connectivity index (χ1n) is 9.40. The highest BCUT2D eigenvalue weighted by molar-refractivity contribution is 6.30. The molecule has 2 nitrogen and oxygen atoms in total. The van der Waals surface area contributed by atoms with E-state index in [0.717, 1.165) is 17.5 Å². The van der Waals surface area contributed by atoms with Crippen LogP contribution in [0.15, 0.2) is 24.3 Å². The summed E-state index contributed by atoms with van der Waals surface area (Å²) >= 11 is 6.27. The summed E-state index contributed by atoms with van der Waals surface area (Å²) in [5.74, 6) is 1.44. The molecule has 1 saturated heterocycles. The third kappa shape index (κ3) is 4.95. The Morgan fingerprint density at radius 1 is 1.13 bits per heavy atom. The molecule has 3 rings (SSSR count). The molecule has 0 radical (unpaired) electrons. The highest BCUT2D eigenvalue weighted by Crippen LogP contribution is 2.36. The second-order valence-corrected chi connectivity index (χ2v) is 7.98. The molecule has 1 heterocycles. The first-order valence-corrected chi connectivity index (χ1v) is 9.77. The average molecular weight is 335 g/mol. The van der Waals surface area contributed by atoms with E-state index in [1.807, 2.05) is 6.07 Å². The van der Waals surface area contributed by atoms with Gasteiger partial charge < -0.3 is 10.2 Å². The van der Waals surface area contributed by atoms with Gasteiger partial charge in [0.2, 0.25) is 0 Å². The van der Waals surface area contributed by atoms with Gasteiger partial charge in [-0.2, -0.15) is 0 Å². The second-order valence-electron chi connectivity index (χ2n) is 7.55. The van der Waals surface area contributed by atoms with Crippen LogP contribution in [0.4, 0.5) is 0 Å². The molecule has 1 atom stereocenters. The van der Waals surface area contributed by atoms with Gasteiger partial charge in [-0.25, -0.2) is 0 Å². The van der Waals surface area contributed by atoms with Crippen molar-refractivity contribution < 1.29 is 0 Å². The van der Waals surface area contributed by atoms with Crippen LogP contribution in [0.2, 0.25) is 5.02 Å². The molecule has 0 bridgehead atoms. The van der Waals surface area contributed by atoms with Crippen molar-refractivity contribution >= 4 is 11.6 Å². The Morgan fingerprint density at radius 2 is 1.87 bits per heavy atom.